The van der Waals surface area contributed by atoms with E-state index in [1.807, 2.05) is 60.7 Å². The molecule has 1 saturated carbocycles. The molecule has 372 valence electrons. The largest absolute Gasteiger partial charge is 1.00 e. The number of benzene rings is 4. The Bertz CT molecular complexity index is 2180. The van der Waals surface area contributed by atoms with Crippen molar-refractivity contribution >= 4 is 11.9 Å². The summed E-state index contributed by atoms with van der Waals surface area (Å²) in [5, 5.41) is 20.9. The number of aliphatic hydroxyl groups is 2. The summed E-state index contributed by atoms with van der Waals surface area (Å²) >= 11 is 0. The summed E-state index contributed by atoms with van der Waals surface area (Å²) in [5.74, 6) is -1.41. The molecule has 0 spiro atoms. The Kier molecular flexibility index (Phi) is 16.8. The van der Waals surface area contributed by atoms with Crippen LogP contribution in [0.1, 0.15) is 105 Å². The Morgan fingerprint density at radius 2 is 1.17 bits per heavy atom. The molecule has 0 amide bonds. The molecule has 6 aliphatic heterocycles. The van der Waals surface area contributed by atoms with Crippen LogP contribution < -0.4 is 17.0 Å². The molecule has 0 aromatic heterocycles. The van der Waals surface area contributed by atoms with Crippen LogP contribution in [0.3, 0.4) is 0 Å². The number of nitrogens with zero attached hydrogens (tertiary/aromatic N) is 3. The third-order valence-electron chi connectivity index (χ3n) is 16.4. The predicted molar refractivity (Wildman–Crippen MR) is 261 cm³/mol. The quantitative estimate of drug-likeness (QED) is 0.117. The summed E-state index contributed by atoms with van der Waals surface area (Å²) in [4.78, 5) is 30.3. The van der Waals surface area contributed by atoms with Crippen LogP contribution in [0, 0.1) is 5.92 Å². The molecule has 1 aliphatic carbocycles. The normalized spacial score (nSPS) is 30.0. The first kappa shape index (κ1) is 51.4. The Balaban J connectivity index is 0.000000139. The summed E-state index contributed by atoms with van der Waals surface area (Å²) in [6.45, 7) is 1.60. The molecule has 69 heavy (non-hydrogen) atoms. The van der Waals surface area contributed by atoms with Crippen molar-refractivity contribution in [1.29, 1.82) is 0 Å². The fraction of sp³-hybridized carbons (Fsp3) is 0.544. The van der Waals surface area contributed by atoms with Gasteiger partial charge in [-0.15, -0.1) is 0 Å². The fourth-order valence-corrected chi connectivity index (χ4v) is 12.4. The highest BCUT2D eigenvalue weighted by Crippen LogP contribution is 2.48. The van der Waals surface area contributed by atoms with Gasteiger partial charge in [0.15, 0.2) is 11.7 Å². The minimum absolute atomic E-state index is 0. The number of epoxide rings is 1. The van der Waals surface area contributed by atoms with E-state index in [2.05, 4.69) is 98.7 Å². The number of ether oxygens (including phenoxy) is 4. The molecule has 7 fully saturated rings. The van der Waals surface area contributed by atoms with Gasteiger partial charge in [-0.25, -0.2) is 4.79 Å². The lowest BCUT2D eigenvalue weighted by molar-refractivity contribution is -0.879. The zero-order chi connectivity index (χ0) is 47.4. The van der Waals surface area contributed by atoms with E-state index in [9.17, 15) is 19.8 Å². The van der Waals surface area contributed by atoms with Gasteiger partial charge < -0.3 is 55.5 Å². The van der Waals surface area contributed by atoms with Crippen LogP contribution in [0.25, 0.3) is 0 Å². The average molecular weight is 1010 g/mol. The Morgan fingerprint density at radius 1 is 0.667 bits per heavy atom. The third kappa shape index (κ3) is 11.7. The van der Waals surface area contributed by atoms with Crippen molar-refractivity contribution in [3.63, 3.8) is 0 Å². The first-order valence-electron chi connectivity index (χ1n) is 25.4. The van der Waals surface area contributed by atoms with E-state index < -0.39 is 17.5 Å². The molecule has 12 heteroatoms. The molecule has 11 rings (SSSR count). The maximum Gasteiger partial charge on any atom is 0.343 e. The summed E-state index contributed by atoms with van der Waals surface area (Å²) in [7, 11) is 8.70. The maximum atomic E-state index is 12.9. The van der Waals surface area contributed by atoms with E-state index >= 15 is 0 Å². The number of hydrogen-bond donors (Lipinski definition) is 2. The van der Waals surface area contributed by atoms with Gasteiger partial charge in [0.05, 0.1) is 33.4 Å². The number of piperidine rings is 2. The molecule has 4 aromatic carbocycles. The Morgan fingerprint density at radius 3 is 1.67 bits per heavy atom. The van der Waals surface area contributed by atoms with E-state index in [-0.39, 0.29) is 53.8 Å². The number of carbonyl (C=O) groups excluding carboxylic acids is 2. The van der Waals surface area contributed by atoms with Crippen LogP contribution in [-0.4, -0.2) is 139 Å². The van der Waals surface area contributed by atoms with Crippen molar-refractivity contribution < 1.29 is 60.2 Å². The fourth-order valence-electron chi connectivity index (χ4n) is 12.4. The van der Waals surface area contributed by atoms with Crippen molar-refractivity contribution in [1.82, 2.24) is 9.80 Å². The molecule has 0 radical (unpaired) electrons. The second kappa shape index (κ2) is 22.6. The van der Waals surface area contributed by atoms with Crippen LogP contribution in [0.15, 0.2) is 121 Å². The minimum Gasteiger partial charge on any atom is -1.00 e. The van der Waals surface area contributed by atoms with Crippen molar-refractivity contribution in [3.8, 4) is 0 Å². The summed E-state index contributed by atoms with van der Waals surface area (Å²) in [6, 6.07) is 42.1. The number of fused-ring (bicyclic) bond motifs is 7. The molecule has 6 saturated heterocycles. The predicted octanol–water partition coefficient (Wildman–Crippen LogP) is 4.80. The second-order valence-electron chi connectivity index (χ2n) is 21.3. The van der Waals surface area contributed by atoms with E-state index in [4.69, 9.17) is 18.9 Å². The number of likely N-dealkylation sites (N-methyl/N-ethyl adjacent to an activating group) is 2. The molecule has 11 atom stereocenters. The van der Waals surface area contributed by atoms with E-state index in [0.29, 0.717) is 48.0 Å². The molecule has 2 N–H and O–H groups in total. The van der Waals surface area contributed by atoms with Gasteiger partial charge in [0.1, 0.15) is 36.9 Å². The maximum absolute atomic E-state index is 12.9. The third-order valence-corrected chi connectivity index (χ3v) is 16.4. The van der Waals surface area contributed by atoms with E-state index in [1.165, 1.54) is 36.8 Å². The van der Waals surface area contributed by atoms with Gasteiger partial charge in [-0.3, -0.25) is 9.69 Å². The highest BCUT2D eigenvalue weighted by molar-refractivity contribution is 5.82. The van der Waals surface area contributed by atoms with Crippen LogP contribution in [0.4, 0.5) is 0 Å². The molecule has 6 heterocycles. The number of rotatable bonds is 12. The number of likely N-dealkylation sites (tertiary alicyclic amines) is 1. The molecular weight excluding hydrogens is 935 g/mol. The van der Waals surface area contributed by atoms with Crippen LogP contribution in [0.5, 0.6) is 0 Å². The smallest absolute Gasteiger partial charge is 0.343 e. The van der Waals surface area contributed by atoms with Gasteiger partial charge in [-0.2, -0.15) is 0 Å². The molecule has 4 unspecified atom stereocenters. The highest BCUT2D eigenvalue weighted by atomic mass is 79.9. The number of hydrogen-bond acceptors (Lipinski definition) is 10. The summed E-state index contributed by atoms with van der Waals surface area (Å²) in [6.07, 6.45) is 12.4. The first-order chi connectivity index (χ1) is 32.9. The Labute approximate surface area is 420 Å². The zero-order valence-electron chi connectivity index (χ0n) is 40.9. The number of morpholine rings is 1. The van der Waals surface area contributed by atoms with Crippen LogP contribution in [0.2, 0.25) is 0 Å². The molecule has 4 aromatic rings. The second-order valence-corrected chi connectivity index (χ2v) is 21.3. The van der Waals surface area contributed by atoms with Gasteiger partial charge in [0.2, 0.25) is 0 Å². The number of aliphatic hydroxyl groups excluding tert-OH is 1. The van der Waals surface area contributed by atoms with Gasteiger partial charge in [0, 0.05) is 49.3 Å². The topological polar surface area (TPSA) is 121 Å². The van der Waals surface area contributed by atoms with E-state index in [0.717, 1.165) is 68.1 Å². The average Bonchev–Trinajstić information content (AvgIpc) is 3.61. The number of quaternary nitrogens is 1. The Hall–Kier alpha value is -3.98. The monoisotopic (exact) mass is 1010 g/mol. The molecule has 4 bridgehead atoms. The first-order valence-corrected chi connectivity index (χ1v) is 25.4. The number of esters is 2. The highest BCUT2D eigenvalue weighted by Gasteiger charge is 2.63. The SMILES string of the molecule is CN1[C@@H]2CC(OC(=O)[C@H](CO)c3ccccc3)C[C@H]1[C@@H]1O[C@@H]12.CN1[C@@H]2CC[C@H]1CC(OC(c1ccccc1)c1ccccc1)C2.C[N+]1(C)CCC(OC(=O)C(O)(c2ccccc2)C2CCCC2)C1.[Br-]. The minimum atomic E-state index is -1.50. The van der Waals surface area contributed by atoms with Crippen molar-refractivity contribution in [2.75, 3.05) is 47.9 Å². The summed E-state index contributed by atoms with van der Waals surface area (Å²) in [5.41, 5.74) is 2.48. The summed E-state index contributed by atoms with van der Waals surface area (Å²) < 4.78 is 24.7. The van der Waals surface area contributed by atoms with Gasteiger partial charge in [0.25, 0.3) is 0 Å². The molecule has 7 aliphatic rings. The van der Waals surface area contributed by atoms with Crippen molar-refractivity contribution in [2.24, 2.45) is 5.92 Å². The lowest BCUT2D eigenvalue weighted by Gasteiger charge is -2.38. The molecule has 11 nitrogen and oxygen atoms in total. The zero-order valence-corrected chi connectivity index (χ0v) is 42.5. The standard InChI is InChI=1S/C21H25NO.C19H28NO3.C17H21NO4.BrH/c1-22-18-12-13-19(22)15-20(14-18)23-21(16-8-4-2-5-9-16)17-10-6-3-7-11-17;1-20(2)13-12-17(14-20)23-18(21)19(22,16-10-6-7-11-16)15-8-4-3-5-9-15;1-18-13-7-11(8-14(18)16-15(13)22-16)21-17(20)12(9-19)10-5-3-2-4-6-10;/h2-11,18-21H,12-15H2,1H3;3-5,8-9,16-17,22H,6-7,10-14H2,1-2H3;2-6,11-16,19H,7-9H2,1H3;1H/q;+1;;/p-1/t18-,19+,20?;;11?,12-,13-,14+,15-,16+;/m..1./s1. The lowest BCUT2D eigenvalue weighted by atomic mass is 9.80. The van der Waals surface area contributed by atoms with Crippen LogP contribution >= 0.6 is 0 Å². The lowest BCUT2D eigenvalue weighted by Crippen LogP contribution is -3.00. The van der Waals surface area contributed by atoms with Crippen molar-refractivity contribution in [2.45, 2.75) is 143 Å². The van der Waals surface area contributed by atoms with Gasteiger partial charge in [-0.1, -0.05) is 134 Å². The van der Waals surface area contributed by atoms with Gasteiger partial charge in [-0.05, 0) is 74.9 Å². The number of halogens is 1. The van der Waals surface area contributed by atoms with Crippen molar-refractivity contribution in [3.05, 3.63) is 144 Å². The molecular formula is C57H74BrN3O8. The van der Waals surface area contributed by atoms with Gasteiger partial charge >= 0.3 is 11.9 Å². The van der Waals surface area contributed by atoms with Crippen LogP contribution in [-0.2, 0) is 34.1 Å². The number of carbonyl (C=O) groups is 2. The van der Waals surface area contributed by atoms with E-state index in [1.54, 1.807) is 0 Å².